The SMILES string of the molecule is CC(C)Cc1nc2ccc(C(=O)O)cc2c(-c2ccccc2)c1CN. The molecule has 0 unspecified atom stereocenters. The maximum Gasteiger partial charge on any atom is 0.335 e. The van der Waals surface area contributed by atoms with Gasteiger partial charge in [0.05, 0.1) is 11.1 Å². The van der Waals surface area contributed by atoms with Crippen LogP contribution in [0.1, 0.15) is 35.5 Å². The lowest BCUT2D eigenvalue weighted by Gasteiger charge is -2.18. The number of pyridine rings is 1. The first-order valence-electron chi connectivity index (χ1n) is 8.45. The fraction of sp³-hybridized carbons (Fsp3) is 0.238. The van der Waals surface area contributed by atoms with Gasteiger partial charge in [-0.15, -0.1) is 0 Å². The van der Waals surface area contributed by atoms with Crippen molar-refractivity contribution in [1.29, 1.82) is 0 Å². The summed E-state index contributed by atoms with van der Waals surface area (Å²) >= 11 is 0. The topological polar surface area (TPSA) is 76.2 Å². The second-order valence-electron chi connectivity index (χ2n) is 6.62. The summed E-state index contributed by atoms with van der Waals surface area (Å²) in [5.74, 6) is -0.487. The Bertz CT molecular complexity index is 918. The van der Waals surface area contributed by atoms with Crippen LogP contribution < -0.4 is 5.73 Å². The van der Waals surface area contributed by atoms with Crippen molar-refractivity contribution in [3.05, 3.63) is 65.4 Å². The van der Waals surface area contributed by atoms with E-state index < -0.39 is 5.97 Å². The number of hydrogen-bond acceptors (Lipinski definition) is 3. The van der Waals surface area contributed by atoms with E-state index in [9.17, 15) is 9.90 Å². The minimum Gasteiger partial charge on any atom is -0.478 e. The summed E-state index contributed by atoms with van der Waals surface area (Å²) in [5.41, 5.74) is 11.2. The predicted molar refractivity (Wildman–Crippen MR) is 101 cm³/mol. The summed E-state index contributed by atoms with van der Waals surface area (Å²) in [4.78, 5) is 16.2. The van der Waals surface area contributed by atoms with Crippen molar-refractivity contribution >= 4 is 16.9 Å². The molecule has 0 aliphatic carbocycles. The van der Waals surface area contributed by atoms with Gasteiger partial charge in [-0.05, 0) is 47.2 Å². The molecule has 0 bridgehead atoms. The van der Waals surface area contributed by atoms with Gasteiger partial charge in [-0.2, -0.15) is 0 Å². The van der Waals surface area contributed by atoms with Gasteiger partial charge < -0.3 is 10.8 Å². The van der Waals surface area contributed by atoms with E-state index in [1.54, 1.807) is 18.2 Å². The van der Waals surface area contributed by atoms with Crippen LogP contribution in [0.3, 0.4) is 0 Å². The number of rotatable bonds is 5. The van der Waals surface area contributed by atoms with Gasteiger partial charge in [0.25, 0.3) is 0 Å². The monoisotopic (exact) mass is 334 g/mol. The first-order chi connectivity index (χ1) is 12.0. The molecule has 4 heteroatoms. The Hall–Kier alpha value is -2.72. The first kappa shape index (κ1) is 17.1. The molecule has 0 amide bonds. The summed E-state index contributed by atoms with van der Waals surface area (Å²) in [6.45, 7) is 4.68. The summed E-state index contributed by atoms with van der Waals surface area (Å²) < 4.78 is 0. The zero-order valence-electron chi connectivity index (χ0n) is 14.5. The molecule has 4 nitrogen and oxygen atoms in total. The lowest BCUT2D eigenvalue weighted by atomic mass is 9.91. The molecule has 0 saturated heterocycles. The van der Waals surface area contributed by atoms with Crippen LogP contribution >= 0.6 is 0 Å². The Labute approximate surface area is 147 Å². The number of nitrogens with two attached hydrogens (primary N) is 1. The third-order valence-corrected chi connectivity index (χ3v) is 4.29. The van der Waals surface area contributed by atoms with Crippen molar-refractivity contribution in [3.8, 4) is 11.1 Å². The zero-order valence-corrected chi connectivity index (χ0v) is 14.5. The Morgan fingerprint density at radius 3 is 2.48 bits per heavy atom. The van der Waals surface area contributed by atoms with Gasteiger partial charge in [0.2, 0.25) is 0 Å². The maximum atomic E-state index is 11.4. The summed E-state index contributed by atoms with van der Waals surface area (Å²) in [6.07, 6.45) is 0.836. The highest BCUT2D eigenvalue weighted by Gasteiger charge is 2.17. The molecule has 2 aromatic carbocycles. The van der Waals surface area contributed by atoms with Gasteiger partial charge in [-0.3, -0.25) is 4.98 Å². The van der Waals surface area contributed by atoms with E-state index in [4.69, 9.17) is 10.7 Å². The predicted octanol–water partition coefficient (Wildman–Crippen LogP) is 4.26. The fourth-order valence-corrected chi connectivity index (χ4v) is 3.20. The van der Waals surface area contributed by atoms with Crippen LogP contribution in [0.2, 0.25) is 0 Å². The molecular weight excluding hydrogens is 312 g/mol. The number of benzene rings is 2. The highest BCUT2D eigenvalue weighted by atomic mass is 16.4. The van der Waals surface area contributed by atoms with E-state index in [-0.39, 0.29) is 5.56 Å². The second-order valence-corrected chi connectivity index (χ2v) is 6.62. The molecule has 0 spiro atoms. The number of carboxylic acids is 1. The van der Waals surface area contributed by atoms with Crippen molar-refractivity contribution in [2.24, 2.45) is 11.7 Å². The minimum absolute atomic E-state index is 0.256. The number of carboxylic acid groups (broad SMARTS) is 1. The number of hydrogen-bond donors (Lipinski definition) is 2. The van der Waals surface area contributed by atoms with E-state index in [0.717, 1.165) is 39.7 Å². The second kappa shape index (κ2) is 7.03. The van der Waals surface area contributed by atoms with Crippen molar-refractivity contribution in [2.45, 2.75) is 26.8 Å². The van der Waals surface area contributed by atoms with Gasteiger partial charge in [0.1, 0.15) is 0 Å². The Kier molecular flexibility index (Phi) is 4.81. The third kappa shape index (κ3) is 3.39. The normalized spacial score (nSPS) is 11.2. The zero-order chi connectivity index (χ0) is 18.0. The third-order valence-electron chi connectivity index (χ3n) is 4.29. The van der Waals surface area contributed by atoms with E-state index >= 15 is 0 Å². The van der Waals surface area contributed by atoms with Crippen LogP contribution in [-0.4, -0.2) is 16.1 Å². The summed E-state index contributed by atoms with van der Waals surface area (Å²) in [7, 11) is 0. The maximum absolute atomic E-state index is 11.4. The quantitative estimate of drug-likeness (QED) is 0.731. The summed E-state index contributed by atoms with van der Waals surface area (Å²) in [6, 6.07) is 15.1. The van der Waals surface area contributed by atoms with E-state index in [1.807, 2.05) is 30.3 Å². The van der Waals surface area contributed by atoms with Crippen molar-refractivity contribution in [3.63, 3.8) is 0 Å². The minimum atomic E-state index is -0.943. The highest BCUT2D eigenvalue weighted by molar-refractivity contribution is 6.01. The van der Waals surface area contributed by atoms with Crippen LogP contribution in [-0.2, 0) is 13.0 Å². The number of aromatic carboxylic acids is 1. The molecule has 0 aliphatic heterocycles. The number of carbonyl (C=O) groups is 1. The number of aromatic nitrogens is 1. The molecule has 3 aromatic rings. The van der Waals surface area contributed by atoms with Crippen molar-refractivity contribution in [1.82, 2.24) is 4.98 Å². The van der Waals surface area contributed by atoms with Crippen molar-refractivity contribution < 1.29 is 9.90 Å². The van der Waals surface area contributed by atoms with Gasteiger partial charge >= 0.3 is 5.97 Å². The molecule has 1 aromatic heterocycles. The number of fused-ring (bicyclic) bond motifs is 1. The van der Waals surface area contributed by atoms with Gasteiger partial charge in [0, 0.05) is 17.6 Å². The van der Waals surface area contributed by atoms with Gasteiger partial charge in [-0.25, -0.2) is 4.79 Å². The summed E-state index contributed by atoms with van der Waals surface area (Å²) in [5, 5.41) is 10.2. The van der Waals surface area contributed by atoms with Gasteiger partial charge in [0.15, 0.2) is 0 Å². The molecule has 0 atom stereocenters. The highest BCUT2D eigenvalue weighted by Crippen LogP contribution is 2.34. The first-order valence-corrected chi connectivity index (χ1v) is 8.45. The molecule has 3 N–H and O–H groups in total. The molecule has 1 heterocycles. The fourth-order valence-electron chi connectivity index (χ4n) is 3.20. The molecule has 0 saturated carbocycles. The molecule has 0 fully saturated rings. The van der Waals surface area contributed by atoms with E-state index in [0.29, 0.717) is 12.5 Å². The van der Waals surface area contributed by atoms with Crippen LogP contribution in [0.15, 0.2) is 48.5 Å². The average Bonchev–Trinajstić information content (AvgIpc) is 2.60. The molecule has 25 heavy (non-hydrogen) atoms. The molecule has 0 radical (unpaired) electrons. The van der Waals surface area contributed by atoms with Crippen LogP contribution in [0.4, 0.5) is 0 Å². The average molecular weight is 334 g/mol. The number of nitrogens with zero attached hydrogens (tertiary/aromatic N) is 1. The standard InChI is InChI=1S/C21H22N2O2/c1-13(2)10-19-17(12-22)20(14-6-4-3-5-7-14)16-11-15(21(24)25)8-9-18(16)23-19/h3-9,11,13H,10,12,22H2,1-2H3,(H,24,25). The Morgan fingerprint density at radius 2 is 1.88 bits per heavy atom. The van der Waals surface area contributed by atoms with Crippen LogP contribution in [0.5, 0.6) is 0 Å². The molecular formula is C21H22N2O2. The molecule has 0 aliphatic rings. The molecule has 3 rings (SSSR count). The lowest BCUT2D eigenvalue weighted by molar-refractivity contribution is 0.0697. The molecule has 128 valence electrons. The van der Waals surface area contributed by atoms with Crippen LogP contribution in [0, 0.1) is 5.92 Å². The van der Waals surface area contributed by atoms with E-state index in [2.05, 4.69) is 13.8 Å². The van der Waals surface area contributed by atoms with Gasteiger partial charge in [-0.1, -0.05) is 44.2 Å². The smallest absolute Gasteiger partial charge is 0.335 e. The Morgan fingerprint density at radius 1 is 1.16 bits per heavy atom. The van der Waals surface area contributed by atoms with Crippen molar-refractivity contribution in [2.75, 3.05) is 0 Å². The Balaban J connectivity index is 2.39. The van der Waals surface area contributed by atoms with Crippen LogP contribution in [0.25, 0.3) is 22.0 Å². The largest absolute Gasteiger partial charge is 0.478 e. The lowest BCUT2D eigenvalue weighted by Crippen LogP contribution is -2.10. The van der Waals surface area contributed by atoms with E-state index in [1.165, 1.54) is 0 Å².